The maximum atomic E-state index is 5.50. The van der Waals surface area contributed by atoms with Gasteiger partial charge in [-0.2, -0.15) is 0 Å². The van der Waals surface area contributed by atoms with Crippen LogP contribution >= 0.6 is 0 Å². The maximum Gasteiger partial charge on any atom is 0.208 e. The van der Waals surface area contributed by atoms with Gasteiger partial charge in [-0.1, -0.05) is 0 Å². The van der Waals surface area contributed by atoms with Crippen molar-refractivity contribution in [1.29, 1.82) is 0 Å². The molecule has 1 aliphatic rings. The van der Waals surface area contributed by atoms with E-state index in [2.05, 4.69) is 10.3 Å². The van der Waals surface area contributed by atoms with E-state index in [1.807, 2.05) is 13.8 Å². The monoisotopic (exact) mass is 210 g/mol. The lowest BCUT2D eigenvalue weighted by molar-refractivity contribution is 0.0769. The number of rotatable bonds is 3. The normalized spacial score (nSPS) is 18.3. The Balaban J connectivity index is 1.81. The fraction of sp³-hybridized carbons (Fsp3) is 0.727. The maximum absolute atomic E-state index is 5.50. The number of aromatic nitrogens is 1. The Morgan fingerprint density at radius 3 is 2.67 bits per heavy atom. The van der Waals surface area contributed by atoms with Gasteiger partial charge in [-0.3, -0.25) is 0 Å². The molecular weight excluding hydrogens is 192 g/mol. The molecule has 1 fully saturated rings. The number of hydrogen-bond donors (Lipinski definition) is 1. The van der Waals surface area contributed by atoms with Gasteiger partial charge in [0.2, 0.25) is 5.89 Å². The fourth-order valence-corrected chi connectivity index (χ4v) is 1.75. The Morgan fingerprint density at radius 2 is 2.07 bits per heavy atom. The molecule has 0 unspecified atom stereocenters. The standard InChI is InChI=1S/C11H18N2O2/c1-8-9(2)15-11(13-8)7-12-10-3-5-14-6-4-10/h10,12H,3-7H2,1-2H3. The zero-order valence-electron chi connectivity index (χ0n) is 9.38. The highest BCUT2D eigenvalue weighted by Crippen LogP contribution is 2.10. The molecule has 0 bridgehead atoms. The van der Waals surface area contributed by atoms with E-state index in [-0.39, 0.29) is 0 Å². The lowest BCUT2D eigenvalue weighted by Crippen LogP contribution is -2.34. The molecule has 0 aliphatic carbocycles. The van der Waals surface area contributed by atoms with Crippen LogP contribution in [0.3, 0.4) is 0 Å². The van der Waals surface area contributed by atoms with Crippen LogP contribution in [0.25, 0.3) is 0 Å². The smallest absolute Gasteiger partial charge is 0.208 e. The quantitative estimate of drug-likeness (QED) is 0.822. The van der Waals surface area contributed by atoms with Crippen molar-refractivity contribution >= 4 is 0 Å². The summed E-state index contributed by atoms with van der Waals surface area (Å²) in [6.45, 7) is 6.36. The van der Waals surface area contributed by atoms with Crippen LogP contribution in [0.1, 0.15) is 30.2 Å². The second-order valence-electron chi connectivity index (χ2n) is 4.02. The highest BCUT2D eigenvalue weighted by Gasteiger charge is 2.14. The number of nitrogens with zero attached hydrogens (tertiary/aromatic N) is 1. The first-order chi connectivity index (χ1) is 7.25. The van der Waals surface area contributed by atoms with E-state index in [1.54, 1.807) is 0 Å². The minimum absolute atomic E-state index is 0.547. The summed E-state index contributed by atoms with van der Waals surface area (Å²) in [5.41, 5.74) is 0.985. The summed E-state index contributed by atoms with van der Waals surface area (Å²) in [5.74, 6) is 1.70. The molecule has 0 atom stereocenters. The van der Waals surface area contributed by atoms with E-state index < -0.39 is 0 Å². The predicted molar refractivity (Wildman–Crippen MR) is 56.7 cm³/mol. The van der Waals surface area contributed by atoms with E-state index in [1.165, 1.54) is 0 Å². The molecule has 0 spiro atoms. The zero-order valence-corrected chi connectivity index (χ0v) is 9.38. The SMILES string of the molecule is Cc1nc(CNC2CCOCC2)oc1C. The molecule has 84 valence electrons. The van der Waals surface area contributed by atoms with E-state index in [0.29, 0.717) is 6.04 Å². The summed E-state index contributed by atoms with van der Waals surface area (Å²) < 4.78 is 10.8. The van der Waals surface area contributed by atoms with Gasteiger partial charge in [-0.05, 0) is 26.7 Å². The van der Waals surface area contributed by atoms with Gasteiger partial charge in [0, 0.05) is 19.3 Å². The summed E-state index contributed by atoms with van der Waals surface area (Å²) >= 11 is 0. The average Bonchev–Trinajstić information content (AvgIpc) is 2.57. The first kappa shape index (κ1) is 10.6. The summed E-state index contributed by atoms with van der Waals surface area (Å²) in [4.78, 5) is 4.33. The first-order valence-corrected chi connectivity index (χ1v) is 5.50. The Morgan fingerprint density at radius 1 is 1.33 bits per heavy atom. The van der Waals surface area contributed by atoms with E-state index in [9.17, 15) is 0 Å². The Hall–Kier alpha value is -0.870. The van der Waals surface area contributed by atoms with Gasteiger partial charge in [0.15, 0.2) is 0 Å². The van der Waals surface area contributed by atoms with Crippen molar-refractivity contribution in [3.63, 3.8) is 0 Å². The van der Waals surface area contributed by atoms with E-state index in [4.69, 9.17) is 9.15 Å². The van der Waals surface area contributed by atoms with Crippen LogP contribution in [-0.4, -0.2) is 24.2 Å². The van der Waals surface area contributed by atoms with Gasteiger partial charge in [0.05, 0.1) is 12.2 Å². The molecular formula is C11H18N2O2. The third-order valence-corrected chi connectivity index (χ3v) is 2.84. The number of ether oxygens (including phenoxy) is 1. The summed E-state index contributed by atoms with van der Waals surface area (Å²) in [6, 6.07) is 0.547. The van der Waals surface area contributed by atoms with Gasteiger partial charge in [-0.25, -0.2) is 4.98 Å². The molecule has 1 aromatic heterocycles. The summed E-state index contributed by atoms with van der Waals surface area (Å²) in [5, 5.41) is 3.44. The van der Waals surface area contributed by atoms with Gasteiger partial charge >= 0.3 is 0 Å². The summed E-state index contributed by atoms with van der Waals surface area (Å²) in [7, 11) is 0. The molecule has 0 aromatic carbocycles. The Bertz CT molecular complexity index is 297. The second kappa shape index (κ2) is 4.77. The minimum atomic E-state index is 0.547. The molecule has 1 N–H and O–H groups in total. The largest absolute Gasteiger partial charge is 0.444 e. The van der Waals surface area contributed by atoms with Crippen LogP contribution in [0.4, 0.5) is 0 Å². The van der Waals surface area contributed by atoms with Crippen molar-refractivity contribution in [2.45, 2.75) is 39.3 Å². The van der Waals surface area contributed by atoms with Crippen LogP contribution in [0.15, 0.2) is 4.42 Å². The summed E-state index contributed by atoms with van der Waals surface area (Å²) in [6.07, 6.45) is 2.16. The third kappa shape index (κ3) is 2.79. The number of nitrogens with one attached hydrogen (secondary N) is 1. The van der Waals surface area contributed by atoms with Gasteiger partial charge in [-0.15, -0.1) is 0 Å². The van der Waals surface area contributed by atoms with Crippen LogP contribution in [0.5, 0.6) is 0 Å². The molecule has 1 saturated heterocycles. The van der Waals surface area contributed by atoms with Crippen molar-refractivity contribution in [1.82, 2.24) is 10.3 Å². The molecule has 2 heterocycles. The Kier molecular flexibility index (Phi) is 3.38. The van der Waals surface area contributed by atoms with Gasteiger partial charge in [0.1, 0.15) is 5.76 Å². The Labute approximate surface area is 90.0 Å². The molecule has 4 heteroatoms. The van der Waals surface area contributed by atoms with Crippen LogP contribution in [-0.2, 0) is 11.3 Å². The van der Waals surface area contributed by atoms with E-state index in [0.717, 1.165) is 49.9 Å². The number of oxazole rings is 1. The first-order valence-electron chi connectivity index (χ1n) is 5.50. The molecule has 1 aliphatic heterocycles. The fourth-order valence-electron chi connectivity index (χ4n) is 1.75. The van der Waals surface area contributed by atoms with Crippen LogP contribution in [0.2, 0.25) is 0 Å². The molecule has 1 aromatic rings. The van der Waals surface area contributed by atoms with Crippen LogP contribution < -0.4 is 5.32 Å². The lowest BCUT2D eigenvalue weighted by atomic mass is 10.1. The van der Waals surface area contributed by atoms with Crippen LogP contribution in [0, 0.1) is 13.8 Å². The molecule has 2 rings (SSSR count). The second-order valence-corrected chi connectivity index (χ2v) is 4.02. The average molecular weight is 210 g/mol. The molecule has 0 amide bonds. The lowest BCUT2D eigenvalue weighted by Gasteiger charge is -2.22. The van der Waals surface area contributed by atoms with Crippen molar-refractivity contribution in [3.8, 4) is 0 Å². The van der Waals surface area contributed by atoms with Gasteiger partial charge < -0.3 is 14.5 Å². The van der Waals surface area contributed by atoms with E-state index >= 15 is 0 Å². The minimum Gasteiger partial charge on any atom is -0.444 e. The van der Waals surface area contributed by atoms with Crippen molar-refractivity contribution < 1.29 is 9.15 Å². The molecule has 4 nitrogen and oxygen atoms in total. The van der Waals surface area contributed by atoms with Gasteiger partial charge in [0.25, 0.3) is 0 Å². The van der Waals surface area contributed by atoms with Crippen molar-refractivity contribution in [2.24, 2.45) is 0 Å². The highest BCUT2D eigenvalue weighted by atomic mass is 16.5. The third-order valence-electron chi connectivity index (χ3n) is 2.84. The highest BCUT2D eigenvalue weighted by molar-refractivity contribution is 5.05. The number of aryl methyl sites for hydroxylation is 2. The molecule has 0 saturated carbocycles. The topological polar surface area (TPSA) is 47.3 Å². The number of hydrogen-bond acceptors (Lipinski definition) is 4. The van der Waals surface area contributed by atoms with Crippen molar-refractivity contribution in [3.05, 3.63) is 17.3 Å². The predicted octanol–water partition coefficient (Wildman–Crippen LogP) is 1.56. The molecule has 15 heavy (non-hydrogen) atoms. The zero-order chi connectivity index (χ0) is 10.7. The molecule has 0 radical (unpaired) electrons. The van der Waals surface area contributed by atoms with Crippen molar-refractivity contribution in [2.75, 3.05) is 13.2 Å².